The summed E-state index contributed by atoms with van der Waals surface area (Å²) in [4.78, 5) is 6.81. The van der Waals surface area contributed by atoms with E-state index in [1.807, 2.05) is 12.4 Å². The first-order chi connectivity index (χ1) is 8.78. The van der Waals surface area contributed by atoms with Crippen LogP contribution < -0.4 is 5.32 Å². The van der Waals surface area contributed by atoms with Crippen molar-refractivity contribution in [3.8, 4) is 0 Å². The van der Waals surface area contributed by atoms with Crippen molar-refractivity contribution in [2.75, 3.05) is 19.6 Å². The normalized spacial score (nSPS) is 18.1. The van der Waals surface area contributed by atoms with Crippen LogP contribution in [0.3, 0.4) is 0 Å². The van der Waals surface area contributed by atoms with Gasteiger partial charge >= 0.3 is 0 Å². The van der Waals surface area contributed by atoms with Crippen LogP contribution in [-0.4, -0.2) is 35.6 Å². The lowest BCUT2D eigenvalue weighted by Crippen LogP contribution is -2.42. The fraction of sp³-hybridized carbons (Fsp3) is 0.667. The minimum atomic E-state index is 0.733. The summed E-state index contributed by atoms with van der Waals surface area (Å²) in [5.41, 5.74) is 2.60. The highest BCUT2D eigenvalue weighted by Gasteiger charge is 2.18. The van der Waals surface area contributed by atoms with E-state index in [9.17, 15) is 0 Å². The van der Waals surface area contributed by atoms with Gasteiger partial charge < -0.3 is 5.32 Å². The van der Waals surface area contributed by atoms with Crippen LogP contribution in [0.1, 0.15) is 37.3 Å². The Hall–Kier alpha value is -0.930. The van der Waals surface area contributed by atoms with E-state index >= 15 is 0 Å². The number of rotatable bonds is 5. The average Bonchev–Trinajstić information content (AvgIpc) is 2.38. The Kier molecular flexibility index (Phi) is 5.14. The zero-order valence-electron chi connectivity index (χ0n) is 11.7. The van der Waals surface area contributed by atoms with Crippen molar-refractivity contribution < 1.29 is 0 Å². The predicted molar refractivity (Wildman–Crippen MR) is 75.6 cm³/mol. The summed E-state index contributed by atoms with van der Waals surface area (Å²) in [7, 11) is 0. The van der Waals surface area contributed by atoms with Crippen LogP contribution in [0.4, 0.5) is 0 Å². The lowest BCUT2D eigenvalue weighted by molar-refractivity contribution is 0.190. The molecule has 1 N–H and O–H groups in total. The standard InChI is InChI=1S/C15H25N3/c1-3-6-17-15-4-7-18(8-5-15)12-14-9-13(2)10-16-11-14/h9-11,15,17H,3-8,12H2,1-2H3. The minimum absolute atomic E-state index is 0.733. The molecule has 0 atom stereocenters. The number of nitrogens with zero attached hydrogens (tertiary/aromatic N) is 2. The number of aromatic nitrogens is 1. The molecule has 2 rings (SSSR count). The fourth-order valence-corrected chi connectivity index (χ4v) is 2.61. The van der Waals surface area contributed by atoms with Crippen LogP contribution >= 0.6 is 0 Å². The van der Waals surface area contributed by atoms with Crippen molar-refractivity contribution in [3.63, 3.8) is 0 Å². The largest absolute Gasteiger partial charge is 0.314 e. The van der Waals surface area contributed by atoms with Crippen LogP contribution in [0.25, 0.3) is 0 Å². The van der Waals surface area contributed by atoms with Gasteiger partial charge in [0.05, 0.1) is 0 Å². The zero-order valence-corrected chi connectivity index (χ0v) is 11.7. The van der Waals surface area contributed by atoms with Gasteiger partial charge in [0.1, 0.15) is 0 Å². The Bertz CT molecular complexity index is 357. The summed E-state index contributed by atoms with van der Waals surface area (Å²) in [6.07, 6.45) is 7.70. The van der Waals surface area contributed by atoms with Gasteiger partial charge in [0.15, 0.2) is 0 Å². The molecule has 1 aliphatic rings. The van der Waals surface area contributed by atoms with Crippen LogP contribution in [0, 0.1) is 6.92 Å². The first-order valence-corrected chi connectivity index (χ1v) is 7.14. The quantitative estimate of drug-likeness (QED) is 0.865. The lowest BCUT2D eigenvalue weighted by atomic mass is 10.0. The zero-order chi connectivity index (χ0) is 12.8. The highest BCUT2D eigenvalue weighted by molar-refractivity contribution is 5.16. The van der Waals surface area contributed by atoms with Crippen molar-refractivity contribution >= 4 is 0 Å². The average molecular weight is 247 g/mol. The summed E-state index contributed by atoms with van der Waals surface area (Å²) in [6.45, 7) is 8.95. The number of piperidine rings is 1. The minimum Gasteiger partial charge on any atom is -0.314 e. The van der Waals surface area contributed by atoms with E-state index in [1.165, 1.54) is 43.5 Å². The Morgan fingerprint density at radius 3 is 2.78 bits per heavy atom. The molecule has 3 nitrogen and oxygen atoms in total. The number of nitrogens with one attached hydrogen (secondary N) is 1. The molecular weight excluding hydrogens is 222 g/mol. The van der Waals surface area contributed by atoms with Crippen LogP contribution in [0.5, 0.6) is 0 Å². The molecule has 0 amide bonds. The second kappa shape index (κ2) is 6.86. The highest BCUT2D eigenvalue weighted by Crippen LogP contribution is 2.14. The molecule has 1 aromatic rings. The van der Waals surface area contributed by atoms with Gasteiger partial charge in [-0.25, -0.2) is 0 Å². The maximum atomic E-state index is 4.27. The molecule has 0 aromatic carbocycles. The molecule has 0 saturated carbocycles. The van der Waals surface area contributed by atoms with Crippen LogP contribution in [-0.2, 0) is 6.54 Å². The highest BCUT2D eigenvalue weighted by atomic mass is 15.1. The van der Waals surface area contributed by atoms with E-state index in [-0.39, 0.29) is 0 Å². The van der Waals surface area contributed by atoms with Crippen molar-refractivity contribution in [2.45, 2.75) is 45.7 Å². The fourth-order valence-electron chi connectivity index (χ4n) is 2.61. The van der Waals surface area contributed by atoms with Crippen molar-refractivity contribution in [3.05, 3.63) is 29.6 Å². The molecule has 100 valence electrons. The van der Waals surface area contributed by atoms with Crippen molar-refractivity contribution in [1.29, 1.82) is 0 Å². The van der Waals surface area contributed by atoms with Gasteiger partial charge in [0, 0.05) is 25.0 Å². The third-order valence-corrected chi connectivity index (χ3v) is 3.61. The van der Waals surface area contributed by atoms with Crippen molar-refractivity contribution in [1.82, 2.24) is 15.2 Å². The van der Waals surface area contributed by atoms with Gasteiger partial charge in [-0.1, -0.05) is 13.0 Å². The molecular formula is C15H25N3. The van der Waals surface area contributed by atoms with Gasteiger partial charge in [-0.3, -0.25) is 9.88 Å². The van der Waals surface area contributed by atoms with E-state index in [0.717, 1.165) is 19.1 Å². The lowest BCUT2D eigenvalue weighted by Gasteiger charge is -2.32. The third-order valence-electron chi connectivity index (χ3n) is 3.61. The van der Waals surface area contributed by atoms with Crippen LogP contribution in [0.2, 0.25) is 0 Å². The Balaban J connectivity index is 1.76. The maximum absolute atomic E-state index is 4.27. The SMILES string of the molecule is CCCNC1CCN(Cc2cncc(C)c2)CC1. The third kappa shape index (κ3) is 4.07. The molecule has 1 fully saturated rings. The molecule has 0 spiro atoms. The smallest absolute Gasteiger partial charge is 0.0313 e. The number of hydrogen-bond acceptors (Lipinski definition) is 3. The second-order valence-electron chi connectivity index (χ2n) is 5.38. The Labute approximate surface area is 111 Å². The first-order valence-electron chi connectivity index (χ1n) is 7.14. The molecule has 3 heteroatoms. The van der Waals surface area contributed by atoms with Gasteiger partial charge in [-0.05, 0) is 56.9 Å². The summed E-state index contributed by atoms with van der Waals surface area (Å²) >= 11 is 0. The van der Waals surface area contributed by atoms with Crippen molar-refractivity contribution in [2.24, 2.45) is 0 Å². The van der Waals surface area contributed by atoms with E-state index < -0.39 is 0 Å². The van der Waals surface area contributed by atoms with E-state index in [1.54, 1.807) is 0 Å². The molecule has 0 unspecified atom stereocenters. The molecule has 1 saturated heterocycles. The predicted octanol–water partition coefficient (Wildman–Crippen LogP) is 2.35. The number of aryl methyl sites for hydroxylation is 1. The Morgan fingerprint density at radius 2 is 2.11 bits per heavy atom. The van der Waals surface area contributed by atoms with Gasteiger partial charge in [0.25, 0.3) is 0 Å². The van der Waals surface area contributed by atoms with Gasteiger partial charge in [0.2, 0.25) is 0 Å². The molecule has 0 bridgehead atoms. The van der Waals surface area contributed by atoms with Gasteiger partial charge in [-0.2, -0.15) is 0 Å². The maximum Gasteiger partial charge on any atom is 0.0313 e. The molecule has 0 radical (unpaired) electrons. The summed E-state index contributed by atoms with van der Waals surface area (Å²) < 4.78 is 0. The first kappa shape index (κ1) is 13.5. The van der Waals surface area contributed by atoms with Crippen LogP contribution in [0.15, 0.2) is 18.5 Å². The summed E-state index contributed by atoms with van der Waals surface area (Å²) in [5.74, 6) is 0. The molecule has 1 aromatic heterocycles. The number of likely N-dealkylation sites (tertiary alicyclic amines) is 1. The molecule has 1 aliphatic heterocycles. The molecule has 18 heavy (non-hydrogen) atoms. The Morgan fingerprint density at radius 1 is 1.33 bits per heavy atom. The number of pyridine rings is 1. The van der Waals surface area contributed by atoms with E-state index in [4.69, 9.17) is 0 Å². The van der Waals surface area contributed by atoms with Gasteiger partial charge in [-0.15, -0.1) is 0 Å². The topological polar surface area (TPSA) is 28.2 Å². The molecule has 2 heterocycles. The van der Waals surface area contributed by atoms with E-state index in [0.29, 0.717) is 0 Å². The van der Waals surface area contributed by atoms with E-state index in [2.05, 4.69) is 35.1 Å². The monoisotopic (exact) mass is 247 g/mol. The number of hydrogen-bond donors (Lipinski definition) is 1. The molecule has 0 aliphatic carbocycles. The second-order valence-corrected chi connectivity index (χ2v) is 5.38. The summed E-state index contributed by atoms with van der Waals surface area (Å²) in [5, 5.41) is 3.63. The summed E-state index contributed by atoms with van der Waals surface area (Å²) in [6, 6.07) is 2.98.